The number of carboxylic acids is 1. The Morgan fingerprint density at radius 1 is 1.55 bits per heavy atom. The first kappa shape index (κ1) is 16.0. The number of nitrogens with zero attached hydrogens (tertiary/aromatic N) is 2. The Balaban J connectivity index is 2.57. The molecule has 0 saturated carbocycles. The van der Waals surface area contributed by atoms with Gasteiger partial charge in [0.05, 0.1) is 6.33 Å². The summed E-state index contributed by atoms with van der Waals surface area (Å²) in [5.74, 6) is -0.688. The second-order valence-electron chi connectivity index (χ2n) is 5.02. The number of hydrogen-bond donors (Lipinski definition) is 3. The number of hydrogen-bond acceptors (Lipinski definition) is 3. The van der Waals surface area contributed by atoms with E-state index in [4.69, 9.17) is 5.11 Å². The average molecular weight is 282 g/mol. The summed E-state index contributed by atoms with van der Waals surface area (Å²) in [5.41, 5.74) is 0.669. The lowest BCUT2D eigenvalue weighted by Crippen LogP contribution is -2.48. The summed E-state index contributed by atoms with van der Waals surface area (Å²) in [6.45, 7) is 4.69. The van der Waals surface area contributed by atoms with E-state index in [9.17, 15) is 9.59 Å². The summed E-state index contributed by atoms with van der Waals surface area (Å²) in [5, 5.41) is 11.7. The van der Waals surface area contributed by atoms with E-state index in [1.807, 2.05) is 6.92 Å². The molecule has 0 spiro atoms. The van der Waals surface area contributed by atoms with Crippen LogP contribution in [0.2, 0.25) is 0 Å². The van der Waals surface area contributed by atoms with Gasteiger partial charge in [0.25, 0.3) is 0 Å². The summed E-state index contributed by atoms with van der Waals surface area (Å²) >= 11 is 0. The van der Waals surface area contributed by atoms with Crippen LogP contribution in [-0.2, 0) is 11.2 Å². The van der Waals surface area contributed by atoms with E-state index < -0.39 is 12.0 Å². The van der Waals surface area contributed by atoms with Crippen molar-refractivity contribution in [2.45, 2.75) is 32.7 Å². The van der Waals surface area contributed by atoms with E-state index >= 15 is 0 Å². The van der Waals surface area contributed by atoms with Gasteiger partial charge in [-0.15, -0.1) is 0 Å². The molecule has 2 atom stereocenters. The van der Waals surface area contributed by atoms with Gasteiger partial charge < -0.3 is 20.3 Å². The maximum Gasteiger partial charge on any atom is 0.326 e. The largest absolute Gasteiger partial charge is 0.480 e. The minimum Gasteiger partial charge on any atom is -0.480 e. The number of urea groups is 1. The highest BCUT2D eigenvalue weighted by Gasteiger charge is 2.23. The Bertz CT molecular complexity index is 433. The Hall–Kier alpha value is -2.05. The fourth-order valence-corrected chi connectivity index (χ4v) is 1.76. The minimum absolute atomic E-state index is 0.179. The summed E-state index contributed by atoms with van der Waals surface area (Å²) in [6, 6.07) is -1.35. The topological polar surface area (TPSA) is 98.3 Å². The molecule has 0 aliphatic heterocycles. The van der Waals surface area contributed by atoms with Crippen molar-refractivity contribution in [3.8, 4) is 0 Å². The molecule has 1 aromatic rings. The fourth-order valence-electron chi connectivity index (χ4n) is 1.76. The van der Waals surface area contributed by atoms with Crippen molar-refractivity contribution in [3.05, 3.63) is 18.2 Å². The van der Waals surface area contributed by atoms with Crippen LogP contribution < -0.4 is 5.32 Å². The molecule has 0 aromatic carbocycles. The molecule has 0 bridgehead atoms. The number of nitrogens with one attached hydrogen (secondary N) is 2. The van der Waals surface area contributed by atoms with Crippen molar-refractivity contribution >= 4 is 12.0 Å². The molecular weight excluding hydrogens is 260 g/mol. The first-order valence-corrected chi connectivity index (χ1v) is 6.65. The monoisotopic (exact) mass is 282 g/mol. The summed E-state index contributed by atoms with van der Waals surface area (Å²) in [6.07, 6.45) is 4.17. The number of aromatic nitrogens is 2. The molecular formula is C13H22N4O3. The summed E-state index contributed by atoms with van der Waals surface area (Å²) in [4.78, 5) is 31.3. The van der Waals surface area contributed by atoms with Crippen LogP contribution in [-0.4, -0.2) is 51.6 Å². The number of imidazole rings is 1. The van der Waals surface area contributed by atoms with Crippen LogP contribution in [0.4, 0.5) is 4.79 Å². The Labute approximate surface area is 118 Å². The standard InChI is InChI=1S/C13H22N4O3/c1-4-9(2)7-17(3)13(20)16-11(12(18)19)5-10-6-14-8-15-10/h6,8-9,11H,4-5,7H2,1-3H3,(H,14,15)(H,16,20)(H,18,19)/t9?,11-/m0/s1. The Morgan fingerprint density at radius 3 is 2.75 bits per heavy atom. The fraction of sp³-hybridized carbons (Fsp3) is 0.615. The molecule has 1 rings (SSSR count). The zero-order valence-electron chi connectivity index (χ0n) is 12.1. The molecule has 0 aliphatic rings. The lowest BCUT2D eigenvalue weighted by molar-refractivity contribution is -0.139. The number of carbonyl (C=O) groups is 2. The van der Waals surface area contributed by atoms with Gasteiger partial charge in [-0.05, 0) is 5.92 Å². The summed E-state index contributed by atoms with van der Waals surface area (Å²) in [7, 11) is 1.66. The number of aromatic amines is 1. The SMILES string of the molecule is CCC(C)CN(C)C(=O)N[C@@H](Cc1cnc[nH]1)C(=O)O. The molecule has 2 amide bonds. The van der Waals surface area contributed by atoms with E-state index in [-0.39, 0.29) is 12.5 Å². The Kier molecular flexibility index (Phi) is 6.02. The second kappa shape index (κ2) is 7.52. The summed E-state index contributed by atoms with van der Waals surface area (Å²) < 4.78 is 0. The Morgan fingerprint density at radius 2 is 2.25 bits per heavy atom. The van der Waals surface area contributed by atoms with E-state index in [2.05, 4.69) is 22.2 Å². The molecule has 3 N–H and O–H groups in total. The molecule has 1 heterocycles. The number of H-pyrrole nitrogens is 1. The van der Waals surface area contributed by atoms with Gasteiger partial charge in [0.1, 0.15) is 6.04 Å². The number of carbonyl (C=O) groups excluding carboxylic acids is 1. The highest BCUT2D eigenvalue weighted by molar-refractivity contribution is 5.82. The molecule has 0 radical (unpaired) electrons. The molecule has 1 unspecified atom stereocenters. The lowest BCUT2D eigenvalue weighted by atomic mass is 10.1. The van der Waals surface area contributed by atoms with Crippen molar-refractivity contribution < 1.29 is 14.7 Å². The zero-order chi connectivity index (χ0) is 15.1. The molecule has 7 nitrogen and oxygen atoms in total. The van der Waals surface area contributed by atoms with E-state index in [0.29, 0.717) is 18.2 Å². The van der Waals surface area contributed by atoms with Crippen LogP contribution in [0, 0.1) is 5.92 Å². The zero-order valence-corrected chi connectivity index (χ0v) is 12.1. The number of amides is 2. The first-order chi connectivity index (χ1) is 9.43. The number of carboxylic acid groups (broad SMARTS) is 1. The highest BCUT2D eigenvalue weighted by atomic mass is 16.4. The van der Waals surface area contributed by atoms with Crippen molar-refractivity contribution in [1.29, 1.82) is 0 Å². The average Bonchev–Trinajstić information content (AvgIpc) is 2.90. The predicted octanol–water partition coefficient (Wildman–Crippen LogP) is 1.09. The molecule has 1 aromatic heterocycles. The normalized spacial score (nSPS) is 13.6. The van der Waals surface area contributed by atoms with E-state index in [0.717, 1.165) is 6.42 Å². The molecule has 7 heteroatoms. The molecule has 112 valence electrons. The van der Waals surface area contributed by atoms with Gasteiger partial charge in [0.2, 0.25) is 0 Å². The minimum atomic E-state index is -1.06. The van der Waals surface area contributed by atoms with Gasteiger partial charge in [-0.1, -0.05) is 20.3 Å². The maximum absolute atomic E-state index is 12.0. The van der Waals surface area contributed by atoms with Crippen LogP contribution in [0.15, 0.2) is 12.5 Å². The molecule has 20 heavy (non-hydrogen) atoms. The van der Waals surface area contributed by atoms with Crippen molar-refractivity contribution in [2.75, 3.05) is 13.6 Å². The third-order valence-corrected chi connectivity index (χ3v) is 3.20. The van der Waals surface area contributed by atoms with E-state index in [1.54, 1.807) is 13.2 Å². The third kappa shape index (κ3) is 4.91. The smallest absolute Gasteiger partial charge is 0.326 e. The van der Waals surface area contributed by atoms with E-state index in [1.165, 1.54) is 11.2 Å². The quantitative estimate of drug-likeness (QED) is 0.697. The van der Waals surface area contributed by atoms with Crippen LogP contribution in [0.25, 0.3) is 0 Å². The second-order valence-corrected chi connectivity index (χ2v) is 5.02. The maximum atomic E-state index is 12.0. The van der Waals surface area contributed by atoms with Crippen molar-refractivity contribution in [1.82, 2.24) is 20.2 Å². The van der Waals surface area contributed by atoms with Crippen LogP contribution in [0.5, 0.6) is 0 Å². The number of rotatable bonds is 7. The van der Waals surface area contributed by atoms with Gasteiger partial charge in [0, 0.05) is 31.9 Å². The third-order valence-electron chi connectivity index (χ3n) is 3.20. The first-order valence-electron chi connectivity index (χ1n) is 6.65. The predicted molar refractivity (Wildman–Crippen MR) is 74.3 cm³/mol. The van der Waals surface area contributed by atoms with Gasteiger partial charge in [-0.25, -0.2) is 14.6 Å². The van der Waals surface area contributed by atoms with Crippen LogP contribution >= 0.6 is 0 Å². The van der Waals surface area contributed by atoms with Crippen molar-refractivity contribution in [3.63, 3.8) is 0 Å². The van der Waals surface area contributed by atoms with Gasteiger partial charge in [0.15, 0.2) is 0 Å². The van der Waals surface area contributed by atoms with Gasteiger partial charge in [-0.2, -0.15) is 0 Å². The number of aliphatic carboxylic acids is 1. The molecule has 0 fully saturated rings. The lowest BCUT2D eigenvalue weighted by Gasteiger charge is -2.23. The van der Waals surface area contributed by atoms with Crippen LogP contribution in [0.3, 0.4) is 0 Å². The van der Waals surface area contributed by atoms with Gasteiger partial charge in [-0.3, -0.25) is 0 Å². The van der Waals surface area contributed by atoms with Gasteiger partial charge >= 0.3 is 12.0 Å². The van der Waals surface area contributed by atoms with Crippen LogP contribution in [0.1, 0.15) is 26.0 Å². The molecule has 0 saturated heterocycles. The molecule has 0 aliphatic carbocycles. The van der Waals surface area contributed by atoms with Crippen molar-refractivity contribution in [2.24, 2.45) is 5.92 Å². The highest BCUT2D eigenvalue weighted by Crippen LogP contribution is 2.04.